The van der Waals surface area contributed by atoms with Crippen molar-refractivity contribution in [1.29, 1.82) is 0 Å². The molecular weight excluding hydrogens is 276 g/mol. The Bertz CT molecular complexity index is 445. The average molecular weight is 308 g/mol. The van der Waals surface area contributed by atoms with E-state index in [0.717, 1.165) is 50.4 Å². The second-order valence-electron chi connectivity index (χ2n) is 5.78. The molecule has 1 rings (SSSR count). The number of ether oxygens (including phenoxy) is 1. The van der Waals surface area contributed by atoms with Crippen molar-refractivity contribution in [2.75, 3.05) is 45.2 Å². The van der Waals surface area contributed by atoms with Crippen molar-refractivity contribution in [2.24, 2.45) is 0 Å². The van der Waals surface area contributed by atoms with Gasteiger partial charge in [0.1, 0.15) is 5.82 Å². The van der Waals surface area contributed by atoms with Crippen molar-refractivity contribution in [2.45, 2.75) is 47.0 Å². The summed E-state index contributed by atoms with van der Waals surface area (Å²) in [6.45, 7) is 12.2. The van der Waals surface area contributed by atoms with Crippen LogP contribution in [0.3, 0.4) is 0 Å². The lowest BCUT2D eigenvalue weighted by atomic mass is 10.1. The summed E-state index contributed by atoms with van der Waals surface area (Å²) in [5, 5.41) is 0. The molecule has 22 heavy (non-hydrogen) atoms. The van der Waals surface area contributed by atoms with E-state index in [2.05, 4.69) is 54.6 Å². The minimum atomic E-state index is 0.515. The molecule has 0 fully saturated rings. The van der Waals surface area contributed by atoms with Gasteiger partial charge >= 0.3 is 6.01 Å². The number of anilines is 1. The fourth-order valence-corrected chi connectivity index (χ4v) is 2.51. The molecule has 1 heterocycles. The first-order valence-corrected chi connectivity index (χ1v) is 8.43. The second-order valence-corrected chi connectivity index (χ2v) is 5.78. The van der Waals surface area contributed by atoms with Crippen molar-refractivity contribution in [3.63, 3.8) is 0 Å². The molecule has 0 atom stereocenters. The van der Waals surface area contributed by atoms with Crippen LogP contribution >= 0.6 is 0 Å². The largest absolute Gasteiger partial charge is 0.463 e. The summed E-state index contributed by atoms with van der Waals surface area (Å²) in [6, 6.07) is 0.515. The third kappa shape index (κ3) is 5.44. The highest BCUT2D eigenvalue weighted by molar-refractivity contribution is 5.49. The summed E-state index contributed by atoms with van der Waals surface area (Å²) < 4.78 is 5.78. The summed E-state index contributed by atoms with van der Waals surface area (Å²) in [4.78, 5) is 13.6. The van der Waals surface area contributed by atoms with Gasteiger partial charge in [-0.05, 0) is 60.7 Å². The van der Waals surface area contributed by atoms with Crippen LogP contribution in [0.1, 0.15) is 44.9 Å². The van der Waals surface area contributed by atoms with Gasteiger partial charge in [-0.3, -0.25) is 0 Å². The van der Waals surface area contributed by atoms with Crippen LogP contribution in [0, 0.1) is 6.92 Å². The maximum atomic E-state index is 5.78. The van der Waals surface area contributed by atoms with Crippen molar-refractivity contribution in [3.05, 3.63) is 11.3 Å². The molecule has 0 amide bonds. The molecule has 0 saturated carbocycles. The van der Waals surface area contributed by atoms with Gasteiger partial charge in [-0.1, -0.05) is 6.92 Å². The number of hydrogen-bond donors (Lipinski definition) is 0. The average Bonchev–Trinajstić information content (AvgIpc) is 2.47. The molecule has 1 aromatic heterocycles. The summed E-state index contributed by atoms with van der Waals surface area (Å²) in [7, 11) is 4.18. The van der Waals surface area contributed by atoms with Gasteiger partial charge < -0.3 is 14.5 Å². The lowest BCUT2D eigenvalue weighted by Gasteiger charge is -2.23. The van der Waals surface area contributed by atoms with Crippen molar-refractivity contribution >= 4 is 5.82 Å². The molecule has 0 aliphatic rings. The Kier molecular flexibility index (Phi) is 8.17. The molecule has 5 nitrogen and oxygen atoms in total. The summed E-state index contributed by atoms with van der Waals surface area (Å²) in [5.74, 6) is 1.03. The molecule has 1 aromatic rings. The van der Waals surface area contributed by atoms with Crippen molar-refractivity contribution in [3.8, 4) is 6.01 Å². The Labute approximate surface area is 135 Å². The number of aryl methyl sites for hydroxylation is 1. The Morgan fingerprint density at radius 1 is 1.00 bits per heavy atom. The molecule has 0 radical (unpaired) electrons. The lowest BCUT2D eigenvalue weighted by molar-refractivity contribution is 0.272. The molecule has 126 valence electrons. The van der Waals surface area contributed by atoms with E-state index >= 15 is 0 Å². The first-order chi connectivity index (χ1) is 10.5. The summed E-state index contributed by atoms with van der Waals surface area (Å²) in [6.07, 6.45) is 3.10. The predicted molar refractivity (Wildman–Crippen MR) is 93.0 cm³/mol. The zero-order valence-electron chi connectivity index (χ0n) is 15.1. The SMILES string of the molecule is CCc1c(C)nc(OCCCCN(C)C)nc1N(CC)CC. The fourth-order valence-electron chi connectivity index (χ4n) is 2.51. The standard InChI is InChI=1S/C17H32N4O/c1-7-15-14(4)18-17(19-16(15)21(8-2)9-3)22-13-11-10-12-20(5)6/h7-13H2,1-6H3. The second kappa shape index (κ2) is 9.62. The number of unbranched alkanes of at least 4 members (excludes halogenated alkanes) is 1. The highest BCUT2D eigenvalue weighted by Crippen LogP contribution is 2.23. The Balaban J connectivity index is 2.75. The smallest absolute Gasteiger partial charge is 0.318 e. The van der Waals surface area contributed by atoms with Crippen LogP contribution in [0.2, 0.25) is 0 Å². The van der Waals surface area contributed by atoms with Gasteiger partial charge in [-0.2, -0.15) is 4.98 Å². The van der Waals surface area contributed by atoms with Gasteiger partial charge in [-0.25, -0.2) is 4.98 Å². The van der Waals surface area contributed by atoms with E-state index in [1.807, 2.05) is 6.92 Å². The minimum Gasteiger partial charge on any atom is -0.463 e. The number of aromatic nitrogens is 2. The quantitative estimate of drug-likeness (QED) is 0.622. The molecule has 5 heteroatoms. The van der Waals surface area contributed by atoms with Crippen molar-refractivity contribution in [1.82, 2.24) is 14.9 Å². The van der Waals surface area contributed by atoms with Crippen LogP contribution in [-0.2, 0) is 6.42 Å². The van der Waals surface area contributed by atoms with Crippen LogP contribution < -0.4 is 9.64 Å². The maximum absolute atomic E-state index is 5.78. The highest BCUT2D eigenvalue weighted by Gasteiger charge is 2.15. The number of rotatable bonds is 10. The number of hydrogen-bond acceptors (Lipinski definition) is 5. The fraction of sp³-hybridized carbons (Fsp3) is 0.765. The van der Waals surface area contributed by atoms with Crippen molar-refractivity contribution < 1.29 is 4.74 Å². The van der Waals surface area contributed by atoms with Crippen LogP contribution in [0.15, 0.2) is 0 Å². The van der Waals surface area contributed by atoms with Gasteiger partial charge in [-0.15, -0.1) is 0 Å². The molecule has 0 aliphatic heterocycles. The van der Waals surface area contributed by atoms with Gasteiger partial charge in [0.15, 0.2) is 0 Å². The molecule has 0 aliphatic carbocycles. The molecular formula is C17H32N4O. The van der Waals surface area contributed by atoms with Crippen LogP contribution in [-0.4, -0.2) is 55.2 Å². The summed E-state index contributed by atoms with van der Waals surface area (Å²) in [5.41, 5.74) is 2.26. The first kappa shape index (κ1) is 18.7. The zero-order chi connectivity index (χ0) is 16.5. The molecule has 0 spiro atoms. The van der Waals surface area contributed by atoms with Gasteiger partial charge in [0.2, 0.25) is 0 Å². The van der Waals surface area contributed by atoms with E-state index in [9.17, 15) is 0 Å². The Morgan fingerprint density at radius 3 is 2.23 bits per heavy atom. The third-order valence-corrected chi connectivity index (χ3v) is 3.82. The highest BCUT2D eigenvalue weighted by atomic mass is 16.5. The molecule has 0 saturated heterocycles. The first-order valence-electron chi connectivity index (χ1n) is 8.43. The van der Waals surface area contributed by atoms with E-state index in [4.69, 9.17) is 4.74 Å². The van der Waals surface area contributed by atoms with Gasteiger partial charge in [0.25, 0.3) is 0 Å². The minimum absolute atomic E-state index is 0.515. The molecule has 0 unspecified atom stereocenters. The number of nitrogens with zero attached hydrogens (tertiary/aromatic N) is 4. The maximum Gasteiger partial charge on any atom is 0.318 e. The molecule has 0 N–H and O–H groups in total. The van der Waals surface area contributed by atoms with Crippen LogP contribution in [0.4, 0.5) is 5.82 Å². The van der Waals surface area contributed by atoms with Crippen LogP contribution in [0.5, 0.6) is 6.01 Å². The zero-order valence-corrected chi connectivity index (χ0v) is 15.1. The lowest BCUT2D eigenvalue weighted by Crippen LogP contribution is -2.25. The normalized spacial score (nSPS) is 11.0. The van der Waals surface area contributed by atoms with E-state index in [1.54, 1.807) is 0 Å². The van der Waals surface area contributed by atoms with E-state index in [1.165, 1.54) is 5.56 Å². The van der Waals surface area contributed by atoms with Gasteiger partial charge in [0.05, 0.1) is 6.61 Å². The monoisotopic (exact) mass is 308 g/mol. The predicted octanol–water partition coefficient (Wildman–Crippen LogP) is 2.91. The van der Waals surface area contributed by atoms with Crippen LogP contribution in [0.25, 0.3) is 0 Å². The Hall–Kier alpha value is -1.36. The topological polar surface area (TPSA) is 41.5 Å². The van der Waals surface area contributed by atoms with E-state index in [-0.39, 0.29) is 0 Å². The Morgan fingerprint density at radius 2 is 1.68 bits per heavy atom. The molecule has 0 bridgehead atoms. The van der Waals surface area contributed by atoms with E-state index < -0.39 is 0 Å². The molecule has 0 aromatic carbocycles. The van der Waals surface area contributed by atoms with E-state index in [0.29, 0.717) is 12.6 Å². The third-order valence-electron chi connectivity index (χ3n) is 3.82. The summed E-state index contributed by atoms with van der Waals surface area (Å²) >= 11 is 0. The van der Waals surface area contributed by atoms with Gasteiger partial charge in [0, 0.05) is 24.3 Å².